The summed E-state index contributed by atoms with van der Waals surface area (Å²) < 4.78 is 0. The second kappa shape index (κ2) is 2.37. The van der Waals surface area contributed by atoms with Gasteiger partial charge in [0, 0.05) is 0 Å². The fourth-order valence-corrected chi connectivity index (χ4v) is 2.40. The molecule has 3 rings (SSSR count). The Hall–Kier alpha value is -1.90. The van der Waals surface area contributed by atoms with Crippen LogP contribution >= 0.6 is 0 Å². The number of amides is 2. The fraction of sp³-hybridized carbons (Fsp3) is 0.167. The molecule has 2 amide bonds. The number of nitrogens with one attached hydrogen (secondary N) is 1. The van der Waals surface area contributed by atoms with Crippen molar-refractivity contribution in [2.45, 2.75) is 13.8 Å². The van der Waals surface area contributed by atoms with Gasteiger partial charge >= 0.3 is 0 Å². The van der Waals surface area contributed by atoms with Crippen molar-refractivity contribution in [2.75, 3.05) is 0 Å². The van der Waals surface area contributed by atoms with E-state index >= 15 is 0 Å². The predicted octanol–water partition coefficient (Wildman–Crippen LogP) is 1.16. The normalized spacial score (nSPS) is 21.9. The van der Waals surface area contributed by atoms with E-state index in [4.69, 9.17) is 0 Å². The summed E-state index contributed by atoms with van der Waals surface area (Å²) >= 11 is 0. The number of imide groups is 1. The number of hydrogen-bond acceptors (Lipinski definition) is 2. The van der Waals surface area contributed by atoms with Crippen LogP contribution in [0.5, 0.6) is 0 Å². The Bertz CT molecular complexity index is 510. The van der Waals surface area contributed by atoms with Gasteiger partial charge in [-0.1, -0.05) is 17.7 Å². The maximum Gasteiger partial charge on any atom is 0.259 e. The Kier molecular flexibility index (Phi) is 1.33. The first kappa shape index (κ1) is 8.41. The van der Waals surface area contributed by atoms with Crippen LogP contribution in [0.4, 0.5) is 0 Å². The zero-order valence-corrected chi connectivity index (χ0v) is 8.47. The third-order valence-corrected chi connectivity index (χ3v) is 2.93. The Morgan fingerprint density at radius 3 is 1.87 bits per heavy atom. The van der Waals surface area contributed by atoms with E-state index in [1.165, 1.54) is 0 Å². The third kappa shape index (κ3) is 0.807. The van der Waals surface area contributed by atoms with Crippen LogP contribution in [0.25, 0.3) is 0 Å². The molecule has 15 heavy (non-hydrogen) atoms. The minimum Gasteiger partial charge on any atom is -0.288 e. The zero-order valence-electron chi connectivity index (χ0n) is 8.47. The number of carbonyl (C=O) groups is 2. The van der Waals surface area contributed by atoms with Crippen molar-refractivity contribution < 1.29 is 9.59 Å². The summed E-state index contributed by atoms with van der Waals surface area (Å²) in [6.45, 7) is 3.99. The van der Waals surface area contributed by atoms with Gasteiger partial charge in [0.2, 0.25) is 0 Å². The van der Waals surface area contributed by atoms with E-state index in [0.717, 1.165) is 22.3 Å². The number of carbonyl (C=O) groups excluding carboxylic acids is 2. The largest absolute Gasteiger partial charge is 0.288 e. The smallest absolute Gasteiger partial charge is 0.259 e. The first-order valence-corrected chi connectivity index (χ1v) is 4.82. The van der Waals surface area contributed by atoms with Gasteiger partial charge in [-0.25, -0.2) is 0 Å². The van der Waals surface area contributed by atoms with Crippen LogP contribution in [0, 0.1) is 0 Å². The Balaban J connectivity index is 2.41. The Morgan fingerprint density at radius 2 is 1.47 bits per heavy atom. The molecule has 2 aliphatic carbocycles. The maximum absolute atomic E-state index is 11.5. The van der Waals surface area contributed by atoms with Gasteiger partial charge in [0.15, 0.2) is 0 Å². The van der Waals surface area contributed by atoms with Gasteiger partial charge in [-0.2, -0.15) is 0 Å². The van der Waals surface area contributed by atoms with E-state index in [0.29, 0.717) is 11.1 Å². The molecule has 0 aromatic carbocycles. The van der Waals surface area contributed by atoms with E-state index in [9.17, 15) is 9.59 Å². The molecule has 3 heteroatoms. The predicted molar refractivity (Wildman–Crippen MR) is 54.7 cm³/mol. The summed E-state index contributed by atoms with van der Waals surface area (Å²) in [6.07, 6.45) is 3.82. The van der Waals surface area contributed by atoms with Gasteiger partial charge in [0.05, 0.1) is 11.1 Å². The summed E-state index contributed by atoms with van der Waals surface area (Å²) in [5, 5.41) is 2.32. The van der Waals surface area contributed by atoms with Crippen LogP contribution < -0.4 is 5.32 Å². The highest BCUT2D eigenvalue weighted by Crippen LogP contribution is 2.46. The molecule has 0 aromatic rings. The molecule has 2 bridgehead atoms. The SMILES string of the molecule is CC(C)=C1C2=C3C(=O)NC(=O)C3=C1C=C2. The molecule has 0 atom stereocenters. The second-order valence-electron chi connectivity index (χ2n) is 4.07. The van der Waals surface area contributed by atoms with Crippen molar-refractivity contribution in [1.29, 1.82) is 0 Å². The summed E-state index contributed by atoms with van der Waals surface area (Å²) in [5.41, 5.74) is 5.14. The van der Waals surface area contributed by atoms with Gasteiger partial charge in [-0.3, -0.25) is 14.9 Å². The quantitative estimate of drug-likeness (QED) is 0.595. The first-order valence-electron chi connectivity index (χ1n) is 4.82. The summed E-state index contributed by atoms with van der Waals surface area (Å²) in [6, 6.07) is 0. The van der Waals surface area contributed by atoms with Gasteiger partial charge in [-0.15, -0.1) is 0 Å². The molecule has 3 nitrogen and oxygen atoms in total. The lowest BCUT2D eigenvalue weighted by atomic mass is 10.0. The lowest BCUT2D eigenvalue weighted by Gasteiger charge is -2.01. The molecule has 0 spiro atoms. The average Bonchev–Trinajstić information content (AvgIpc) is 2.77. The standard InChI is InChI=1S/C12H9NO2/c1-5(2)8-6-3-4-7(8)10-9(6)11(14)13-12(10)15/h3-4H,1-2H3,(H,13,14,15). The van der Waals surface area contributed by atoms with Crippen molar-refractivity contribution in [3.05, 3.63) is 45.6 Å². The molecule has 0 radical (unpaired) electrons. The fourth-order valence-electron chi connectivity index (χ4n) is 2.40. The summed E-state index contributed by atoms with van der Waals surface area (Å²) in [5.74, 6) is -0.522. The molecule has 1 fully saturated rings. The van der Waals surface area contributed by atoms with Crippen molar-refractivity contribution >= 4 is 11.8 Å². The minimum atomic E-state index is -0.261. The van der Waals surface area contributed by atoms with Crippen LogP contribution in [0.3, 0.4) is 0 Å². The highest BCUT2D eigenvalue weighted by atomic mass is 16.2. The van der Waals surface area contributed by atoms with E-state index in [1.54, 1.807) is 0 Å². The molecule has 0 aromatic heterocycles. The van der Waals surface area contributed by atoms with Crippen LogP contribution in [-0.2, 0) is 9.59 Å². The van der Waals surface area contributed by atoms with Gasteiger partial charge in [0.1, 0.15) is 0 Å². The van der Waals surface area contributed by atoms with Gasteiger partial charge in [0.25, 0.3) is 11.8 Å². The molecular weight excluding hydrogens is 190 g/mol. The van der Waals surface area contributed by atoms with Crippen molar-refractivity contribution in [1.82, 2.24) is 5.32 Å². The molecule has 0 saturated carbocycles. The lowest BCUT2D eigenvalue weighted by molar-refractivity contribution is -0.123. The molecule has 74 valence electrons. The van der Waals surface area contributed by atoms with Crippen molar-refractivity contribution in [3.63, 3.8) is 0 Å². The van der Waals surface area contributed by atoms with E-state index in [2.05, 4.69) is 5.32 Å². The number of hydrogen-bond donors (Lipinski definition) is 1. The van der Waals surface area contributed by atoms with E-state index in [-0.39, 0.29) is 11.8 Å². The molecule has 1 N–H and O–H groups in total. The second-order valence-corrected chi connectivity index (χ2v) is 4.07. The van der Waals surface area contributed by atoms with E-state index < -0.39 is 0 Å². The highest BCUT2D eigenvalue weighted by molar-refractivity contribution is 6.28. The highest BCUT2D eigenvalue weighted by Gasteiger charge is 2.43. The Labute approximate surface area is 86.9 Å². The number of allylic oxidation sites excluding steroid dienone is 6. The average molecular weight is 199 g/mol. The van der Waals surface area contributed by atoms with Crippen molar-refractivity contribution in [2.24, 2.45) is 0 Å². The monoisotopic (exact) mass is 199 g/mol. The van der Waals surface area contributed by atoms with E-state index in [1.807, 2.05) is 26.0 Å². The minimum absolute atomic E-state index is 0.261. The van der Waals surface area contributed by atoms with Crippen LogP contribution in [0.15, 0.2) is 45.6 Å². The number of fused-ring (bicyclic) bond motifs is 3. The molecule has 1 saturated heterocycles. The van der Waals surface area contributed by atoms with Gasteiger partial charge in [-0.05, 0) is 30.6 Å². The molecule has 1 aliphatic heterocycles. The van der Waals surface area contributed by atoms with Crippen molar-refractivity contribution in [3.8, 4) is 0 Å². The first-order chi connectivity index (χ1) is 7.11. The molecular formula is C12H9NO2. The summed E-state index contributed by atoms with van der Waals surface area (Å²) in [7, 11) is 0. The van der Waals surface area contributed by atoms with Gasteiger partial charge < -0.3 is 0 Å². The third-order valence-electron chi connectivity index (χ3n) is 2.93. The van der Waals surface area contributed by atoms with Crippen LogP contribution in [-0.4, -0.2) is 11.8 Å². The number of rotatable bonds is 0. The lowest BCUT2D eigenvalue weighted by Crippen LogP contribution is -2.20. The molecule has 1 heterocycles. The maximum atomic E-state index is 11.5. The van der Waals surface area contributed by atoms with Crippen LogP contribution in [0.2, 0.25) is 0 Å². The Morgan fingerprint density at radius 1 is 1.00 bits per heavy atom. The topological polar surface area (TPSA) is 46.2 Å². The molecule has 0 unspecified atom stereocenters. The zero-order chi connectivity index (χ0) is 10.7. The summed E-state index contributed by atoms with van der Waals surface area (Å²) in [4.78, 5) is 23.1. The molecule has 3 aliphatic rings. The van der Waals surface area contributed by atoms with Crippen LogP contribution in [0.1, 0.15) is 13.8 Å².